The second-order valence-electron chi connectivity index (χ2n) is 4.17. The zero-order valence-electron chi connectivity index (χ0n) is 10.2. The molecule has 0 aliphatic rings. The number of hydrogen-bond donors (Lipinski definition) is 0. The van der Waals surface area contributed by atoms with E-state index in [0.717, 1.165) is 5.82 Å². The fraction of sp³-hybridized carbons (Fsp3) is 0.333. The van der Waals surface area contributed by atoms with Crippen molar-refractivity contribution in [1.29, 1.82) is 0 Å². The van der Waals surface area contributed by atoms with Gasteiger partial charge in [-0.05, 0) is 6.07 Å². The van der Waals surface area contributed by atoms with Crippen molar-refractivity contribution >= 4 is 5.78 Å². The Balaban J connectivity index is 2.02. The summed E-state index contributed by atoms with van der Waals surface area (Å²) in [5.41, 5.74) is -0.340. The lowest BCUT2D eigenvalue weighted by molar-refractivity contribution is -0.0885. The first-order chi connectivity index (χ1) is 8.88. The Bertz CT molecular complexity index is 583. The van der Waals surface area contributed by atoms with Gasteiger partial charge in [-0.15, -0.1) is 0 Å². The minimum atomic E-state index is -4.83. The number of Topliss-reactive ketones (excluding diaryl/α,β-unsaturated/α-hetero) is 1. The molecule has 2 rings (SSSR count). The van der Waals surface area contributed by atoms with Gasteiger partial charge in [0.05, 0.1) is 0 Å². The van der Waals surface area contributed by atoms with Gasteiger partial charge in [-0.1, -0.05) is 0 Å². The summed E-state index contributed by atoms with van der Waals surface area (Å²) in [4.78, 5) is 15.1. The normalized spacial score (nSPS) is 11.8. The van der Waals surface area contributed by atoms with Crippen molar-refractivity contribution in [1.82, 2.24) is 14.1 Å². The van der Waals surface area contributed by atoms with Crippen molar-refractivity contribution in [3.05, 3.63) is 42.2 Å². The van der Waals surface area contributed by atoms with E-state index in [1.807, 2.05) is 11.6 Å². The van der Waals surface area contributed by atoms with E-state index in [1.54, 1.807) is 17.0 Å². The van der Waals surface area contributed by atoms with Crippen molar-refractivity contribution in [2.75, 3.05) is 0 Å². The first kappa shape index (κ1) is 13.4. The Kier molecular flexibility index (Phi) is 3.46. The van der Waals surface area contributed by atoms with E-state index >= 15 is 0 Å². The van der Waals surface area contributed by atoms with Gasteiger partial charge in [0, 0.05) is 50.4 Å². The molecule has 0 radical (unpaired) electrons. The third-order valence-corrected chi connectivity index (χ3v) is 2.78. The molecule has 0 saturated heterocycles. The number of carbonyl (C=O) groups is 1. The zero-order valence-corrected chi connectivity index (χ0v) is 10.2. The Morgan fingerprint density at radius 3 is 2.68 bits per heavy atom. The highest BCUT2D eigenvalue weighted by atomic mass is 19.4. The van der Waals surface area contributed by atoms with E-state index in [2.05, 4.69) is 4.98 Å². The highest BCUT2D eigenvalue weighted by Crippen LogP contribution is 2.21. The minimum Gasteiger partial charge on any atom is -0.353 e. The van der Waals surface area contributed by atoms with Crippen molar-refractivity contribution in [3.8, 4) is 0 Å². The summed E-state index contributed by atoms with van der Waals surface area (Å²) in [7, 11) is 1.84. The molecule has 0 amide bonds. The molecule has 0 spiro atoms. The van der Waals surface area contributed by atoms with Gasteiger partial charge >= 0.3 is 6.18 Å². The van der Waals surface area contributed by atoms with Crippen LogP contribution in [0.15, 0.2) is 30.9 Å². The van der Waals surface area contributed by atoms with Gasteiger partial charge in [0.15, 0.2) is 0 Å². The summed E-state index contributed by atoms with van der Waals surface area (Å²) in [6, 6.07) is 1.17. The molecule has 19 heavy (non-hydrogen) atoms. The van der Waals surface area contributed by atoms with Gasteiger partial charge in [0.2, 0.25) is 0 Å². The zero-order chi connectivity index (χ0) is 14.0. The third-order valence-electron chi connectivity index (χ3n) is 2.78. The number of alkyl halides is 3. The Labute approximate surface area is 107 Å². The third kappa shape index (κ3) is 3.04. The monoisotopic (exact) mass is 271 g/mol. The number of ketones is 1. The molecule has 2 aromatic heterocycles. The first-order valence-electron chi connectivity index (χ1n) is 5.61. The summed E-state index contributed by atoms with van der Waals surface area (Å²) in [6.45, 7) is 0.468. The van der Waals surface area contributed by atoms with Crippen LogP contribution in [0.2, 0.25) is 0 Å². The number of aryl methyl sites for hydroxylation is 3. The highest BCUT2D eigenvalue weighted by molar-refractivity contribution is 6.00. The van der Waals surface area contributed by atoms with E-state index < -0.39 is 12.0 Å². The van der Waals surface area contributed by atoms with Crippen molar-refractivity contribution in [2.24, 2.45) is 7.05 Å². The standard InChI is InChI=1S/C12H12F3N3O/c1-17-7-4-16-10(17)3-6-18-5-2-9(8-18)11(19)12(13,14)15/h2,4-5,7-8H,3,6H2,1H3. The minimum absolute atomic E-state index is 0.340. The average Bonchev–Trinajstić information content (AvgIpc) is 2.93. The molecule has 2 aromatic rings. The van der Waals surface area contributed by atoms with E-state index in [-0.39, 0.29) is 5.56 Å². The molecule has 0 fully saturated rings. The second-order valence-corrected chi connectivity index (χ2v) is 4.17. The molecule has 0 aliphatic heterocycles. The number of carbonyl (C=O) groups excluding carboxylic acids is 1. The lowest BCUT2D eigenvalue weighted by Gasteiger charge is -2.04. The SMILES string of the molecule is Cn1ccnc1CCn1ccc(C(=O)C(F)(F)F)c1. The summed E-state index contributed by atoms with van der Waals surface area (Å²) in [5.74, 6) is -0.986. The van der Waals surface area contributed by atoms with Crippen LogP contribution in [0, 0.1) is 0 Å². The lowest BCUT2D eigenvalue weighted by Crippen LogP contribution is -2.22. The lowest BCUT2D eigenvalue weighted by atomic mass is 10.2. The molecule has 102 valence electrons. The summed E-state index contributed by atoms with van der Waals surface area (Å²) >= 11 is 0. The molecule has 0 aliphatic carbocycles. The molecular weight excluding hydrogens is 259 g/mol. The number of nitrogens with zero attached hydrogens (tertiary/aromatic N) is 3. The van der Waals surface area contributed by atoms with Gasteiger partial charge in [0.25, 0.3) is 5.78 Å². The molecule has 0 saturated carbocycles. The molecule has 2 heterocycles. The van der Waals surface area contributed by atoms with Gasteiger partial charge in [-0.25, -0.2) is 4.98 Å². The maximum atomic E-state index is 12.2. The van der Waals surface area contributed by atoms with Crippen LogP contribution in [0.3, 0.4) is 0 Å². The fourth-order valence-electron chi connectivity index (χ4n) is 1.74. The molecule has 0 bridgehead atoms. The molecule has 0 N–H and O–H groups in total. The Morgan fingerprint density at radius 2 is 2.11 bits per heavy atom. The van der Waals surface area contributed by atoms with Crippen LogP contribution >= 0.6 is 0 Å². The van der Waals surface area contributed by atoms with Crippen LogP contribution < -0.4 is 0 Å². The molecule has 4 nitrogen and oxygen atoms in total. The van der Waals surface area contributed by atoms with E-state index in [4.69, 9.17) is 0 Å². The maximum absolute atomic E-state index is 12.2. The Morgan fingerprint density at radius 1 is 1.37 bits per heavy atom. The van der Waals surface area contributed by atoms with Crippen LogP contribution in [0.1, 0.15) is 16.2 Å². The number of aromatic nitrogens is 3. The van der Waals surface area contributed by atoms with Crippen LogP contribution in [-0.2, 0) is 20.0 Å². The second kappa shape index (κ2) is 4.91. The number of hydrogen-bond acceptors (Lipinski definition) is 2. The predicted octanol–water partition coefficient (Wildman–Crippen LogP) is 2.21. The number of halogens is 3. The van der Waals surface area contributed by atoms with Gasteiger partial charge in [-0.3, -0.25) is 4.79 Å². The van der Waals surface area contributed by atoms with Crippen molar-refractivity contribution in [2.45, 2.75) is 19.1 Å². The van der Waals surface area contributed by atoms with Gasteiger partial charge in [-0.2, -0.15) is 13.2 Å². The smallest absolute Gasteiger partial charge is 0.353 e. The molecule has 7 heteroatoms. The van der Waals surface area contributed by atoms with Crippen molar-refractivity contribution in [3.63, 3.8) is 0 Å². The van der Waals surface area contributed by atoms with E-state index in [0.29, 0.717) is 13.0 Å². The van der Waals surface area contributed by atoms with Gasteiger partial charge in [0.1, 0.15) is 5.82 Å². The van der Waals surface area contributed by atoms with E-state index in [9.17, 15) is 18.0 Å². The number of imidazole rings is 1. The van der Waals surface area contributed by atoms with Crippen LogP contribution in [0.25, 0.3) is 0 Å². The van der Waals surface area contributed by atoms with Crippen LogP contribution in [-0.4, -0.2) is 26.1 Å². The molecule has 0 aromatic carbocycles. The first-order valence-corrected chi connectivity index (χ1v) is 5.61. The topological polar surface area (TPSA) is 39.8 Å². The predicted molar refractivity (Wildman–Crippen MR) is 61.7 cm³/mol. The number of rotatable bonds is 4. The van der Waals surface area contributed by atoms with Gasteiger partial charge < -0.3 is 9.13 Å². The molecule has 0 unspecified atom stereocenters. The van der Waals surface area contributed by atoms with Crippen LogP contribution in [0.5, 0.6) is 0 Å². The fourth-order valence-corrected chi connectivity index (χ4v) is 1.74. The maximum Gasteiger partial charge on any atom is 0.454 e. The van der Waals surface area contributed by atoms with Crippen LogP contribution in [0.4, 0.5) is 13.2 Å². The summed E-state index contributed by atoms with van der Waals surface area (Å²) in [6.07, 6.45) is 1.87. The Hall–Kier alpha value is -2.05. The molecular formula is C12H12F3N3O. The summed E-state index contributed by atoms with van der Waals surface area (Å²) in [5, 5.41) is 0. The van der Waals surface area contributed by atoms with Crippen molar-refractivity contribution < 1.29 is 18.0 Å². The largest absolute Gasteiger partial charge is 0.454 e. The quantitative estimate of drug-likeness (QED) is 0.800. The van der Waals surface area contributed by atoms with E-state index in [1.165, 1.54) is 18.5 Å². The highest BCUT2D eigenvalue weighted by Gasteiger charge is 2.39. The average molecular weight is 271 g/mol. The molecule has 0 atom stereocenters. The summed E-state index contributed by atoms with van der Waals surface area (Å²) < 4.78 is 40.1.